The van der Waals surface area contributed by atoms with Crippen molar-refractivity contribution < 1.29 is 4.79 Å². The molecule has 116 valence electrons. The number of rotatable bonds is 5. The second-order valence-electron chi connectivity index (χ2n) is 5.17. The number of carbonyl (C=O) groups is 1. The molecule has 0 aromatic heterocycles. The molecular formula is C17H18BrClN2O. The summed E-state index contributed by atoms with van der Waals surface area (Å²) in [5.74, 6) is -0.0267. The summed E-state index contributed by atoms with van der Waals surface area (Å²) >= 11 is 9.41. The Kier molecular flexibility index (Phi) is 5.86. The number of hydrogen-bond acceptors (Lipinski definition) is 2. The molecule has 22 heavy (non-hydrogen) atoms. The normalized spacial score (nSPS) is 10.4. The van der Waals surface area contributed by atoms with Crippen molar-refractivity contribution in [3.05, 3.63) is 57.0 Å². The minimum atomic E-state index is -0.0267. The number of anilines is 2. The van der Waals surface area contributed by atoms with Gasteiger partial charge in [-0.2, -0.15) is 0 Å². The van der Waals surface area contributed by atoms with Crippen LogP contribution in [0, 0.1) is 13.8 Å². The van der Waals surface area contributed by atoms with Crippen LogP contribution in [-0.4, -0.2) is 12.5 Å². The van der Waals surface area contributed by atoms with E-state index < -0.39 is 0 Å². The highest BCUT2D eigenvalue weighted by Gasteiger charge is 2.06. The first-order valence-corrected chi connectivity index (χ1v) is 8.19. The Morgan fingerprint density at radius 2 is 1.86 bits per heavy atom. The summed E-state index contributed by atoms with van der Waals surface area (Å²) in [6, 6.07) is 11.5. The lowest BCUT2D eigenvalue weighted by Gasteiger charge is -2.11. The summed E-state index contributed by atoms with van der Waals surface area (Å²) < 4.78 is 1.00. The molecule has 2 aromatic rings. The van der Waals surface area contributed by atoms with Gasteiger partial charge in [-0.3, -0.25) is 4.79 Å². The zero-order valence-electron chi connectivity index (χ0n) is 12.5. The van der Waals surface area contributed by atoms with E-state index in [9.17, 15) is 4.79 Å². The van der Waals surface area contributed by atoms with Crippen molar-refractivity contribution in [2.75, 3.05) is 17.2 Å². The van der Waals surface area contributed by atoms with Gasteiger partial charge >= 0.3 is 0 Å². The van der Waals surface area contributed by atoms with Crippen LogP contribution < -0.4 is 10.6 Å². The molecule has 2 rings (SSSR count). The molecule has 0 spiro atoms. The van der Waals surface area contributed by atoms with E-state index >= 15 is 0 Å². The second-order valence-corrected chi connectivity index (χ2v) is 6.46. The first-order valence-electron chi connectivity index (χ1n) is 7.02. The molecule has 2 N–H and O–H groups in total. The van der Waals surface area contributed by atoms with Crippen LogP contribution in [0.2, 0.25) is 5.02 Å². The molecule has 3 nitrogen and oxygen atoms in total. The molecule has 0 heterocycles. The molecule has 0 radical (unpaired) electrons. The van der Waals surface area contributed by atoms with Gasteiger partial charge in [0.2, 0.25) is 5.91 Å². The van der Waals surface area contributed by atoms with Crippen molar-refractivity contribution >= 4 is 44.8 Å². The third-order valence-electron chi connectivity index (χ3n) is 3.25. The third kappa shape index (κ3) is 4.75. The SMILES string of the molecule is Cc1ccc(NCCC(=O)Nc2ccc(Cl)cc2C)c(Br)c1. The maximum atomic E-state index is 12.0. The predicted octanol–water partition coefficient (Wildman–Crippen LogP) is 5.16. The summed E-state index contributed by atoms with van der Waals surface area (Å²) in [5.41, 5.74) is 3.93. The second kappa shape index (κ2) is 7.65. The van der Waals surface area contributed by atoms with Gasteiger partial charge in [-0.1, -0.05) is 17.7 Å². The van der Waals surface area contributed by atoms with Crippen LogP contribution in [0.1, 0.15) is 17.5 Å². The summed E-state index contributed by atoms with van der Waals surface area (Å²) in [6.07, 6.45) is 0.391. The Balaban J connectivity index is 1.85. The molecule has 0 saturated carbocycles. The molecule has 0 aliphatic rings. The Hall–Kier alpha value is -1.52. The fourth-order valence-corrected chi connectivity index (χ4v) is 2.91. The summed E-state index contributed by atoms with van der Waals surface area (Å²) in [6.45, 7) is 4.53. The monoisotopic (exact) mass is 380 g/mol. The quantitative estimate of drug-likeness (QED) is 0.751. The Morgan fingerprint density at radius 3 is 2.55 bits per heavy atom. The van der Waals surface area contributed by atoms with Crippen molar-refractivity contribution in [1.29, 1.82) is 0 Å². The number of amides is 1. The van der Waals surface area contributed by atoms with Crippen molar-refractivity contribution in [2.24, 2.45) is 0 Å². The van der Waals surface area contributed by atoms with Crippen LogP contribution in [-0.2, 0) is 4.79 Å². The summed E-state index contributed by atoms with van der Waals surface area (Å²) in [4.78, 5) is 12.0. The van der Waals surface area contributed by atoms with Crippen molar-refractivity contribution in [3.8, 4) is 0 Å². The average molecular weight is 382 g/mol. The van der Waals surface area contributed by atoms with E-state index in [0.29, 0.717) is 18.0 Å². The number of benzene rings is 2. The lowest BCUT2D eigenvalue weighted by Crippen LogP contribution is -2.16. The third-order valence-corrected chi connectivity index (χ3v) is 4.15. The van der Waals surface area contributed by atoms with Crippen LogP contribution in [0.25, 0.3) is 0 Å². The topological polar surface area (TPSA) is 41.1 Å². The van der Waals surface area contributed by atoms with Crippen molar-refractivity contribution in [1.82, 2.24) is 0 Å². The molecule has 0 aliphatic heterocycles. The van der Waals surface area contributed by atoms with Gasteiger partial charge in [0.25, 0.3) is 0 Å². The van der Waals surface area contributed by atoms with Gasteiger partial charge in [0, 0.05) is 33.8 Å². The van der Waals surface area contributed by atoms with Crippen LogP contribution in [0.3, 0.4) is 0 Å². The maximum Gasteiger partial charge on any atom is 0.226 e. The van der Waals surface area contributed by atoms with E-state index in [1.54, 1.807) is 6.07 Å². The fourth-order valence-electron chi connectivity index (χ4n) is 2.05. The van der Waals surface area contributed by atoms with Gasteiger partial charge < -0.3 is 10.6 Å². The number of carbonyl (C=O) groups excluding carboxylic acids is 1. The first-order chi connectivity index (χ1) is 10.5. The Labute approximate surface area is 144 Å². The fraction of sp³-hybridized carbons (Fsp3) is 0.235. The number of hydrogen-bond donors (Lipinski definition) is 2. The maximum absolute atomic E-state index is 12.0. The van der Waals surface area contributed by atoms with E-state index in [2.05, 4.69) is 26.6 Å². The predicted molar refractivity (Wildman–Crippen MR) is 96.8 cm³/mol. The van der Waals surface area contributed by atoms with Crippen LogP contribution in [0.15, 0.2) is 40.9 Å². The molecule has 0 aliphatic carbocycles. The minimum Gasteiger partial charge on any atom is -0.384 e. The highest BCUT2D eigenvalue weighted by molar-refractivity contribution is 9.10. The molecule has 0 bridgehead atoms. The van der Waals surface area contributed by atoms with Gasteiger partial charge in [-0.05, 0) is 71.2 Å². The Morgan fingerprint density at radius 1 is 1.14 bits per heavy atom. The number of halogens is 2. The molecular weight excluding hydrogens is 364 g/mol. The zero-order chi connectivity index (χ0) is 16.1. The van der Waals surface area contributed by atoms with Gasteiger partial charge in [0.1, 0.15) is 0 Å². The van der Waals surface area contributed by atoms with Crippen LogP contribution >= 0.6 is 27.5 Å². The van der Waals surface area contributed by atoms with E-state index in [1.165, 1.54) is 5.56 Å². The van der Waals surface area contributed by atoms with Crippen LogP contribution in [0.4, 0.5) is 11.4 Å². The average Bonchev–Trinajstić information content (AvgIpc) is 2.44. The summed E-state index contributed by atoms with van der Waals surface area (Å²) in [7, 11) is 0. The van der Waals surface area contributed by atoms with E-state index in [0.717, 1.165) is 21.4 Å². The highest BCUT2D eigenvalue weighted by atomic mass is 79.9. The van der Waals surface area contributed by atoms with Gasteiger partial charge in [-0.25, -0.2) is 0 Å². The smallest absolute Gasteiger partial charge is 0.226 e. The van der Waals surface area contributed by atoms with Gasteiger partial charge in [0.05, 0.1) is 0 Å². The number of aryl methyl sites for hydroxylation is 2. The molecule has 1 amide bonds. The van der Waals surface area contributed by atoms with E-state index in [-0.39, 0.29) is 5.91 Å². The minimum absolute atomic E-state index is 0.0267. The first kappa shape index (κ1) is 16.8. The highest BCUT2D eigenvalue weighted by Crippen LogP contribution is 2.23. The lowest BCUT2D eigenvalue weighted by molar-refractivity contribution is -0.115. The zero-order valence-corrected chi connectivity index (χ0v) is 14.9. The number of nitrogens with one attached hydrogen (secondary N) is 2. The molecule has 5 heteroatoms. The molecule has 2 aromatic carbocycles. The largest absolute Gasteiger partial charge is 0.384 e. The molecule has 0 unspecified atom stereocenters. The van der Waals surface area contributed by atoms with Crippen molar-refractivity contribution in [3.63, 3.8) is 0 Å². The van der Waals surface area contributed by atoms with E-state index in [4.69, 9.17) is 11.6 Å². The Bertz CT molecular complexity index is 688. The van der Waals surface area contributed by atoms with Gasteiger partial charge in [-0.15, -0.1) is 0 Å². The molecule has 0 fully saturated rings. The van der Waals surface area contributed by atoms with Crippen molar-refractivity contribution in [2.45, 2.75) is 20.3 Å². The molecule has 0 saturated heterocycles. The molecule has 0 atom stereocenters. The summed E-state index contributed by atoms with van der Waals surface area (Å²) in [5, 5.41) is 6.82. The lowest BCUT2D eigenvalue weighted by atomic mass is 10.2. The van der Waals surface area contributed by atoms with Crippen LogP contribution in [0.5, 0.6) is 0 Å². The van der Waals surface area contributed by atoms with Gasteiger partial charge in [0.15, 0.2) is 0 Å². The van der Waals surface area contributed by atoms with E-state index in [1.807, 2.05) is 44.2 Å². The standard InChI is InChI=1S/C17H18BrClN2O/c1-11-3-5-16(14(18)9-11)20-8-7-17(22)21-15-6-4-13(19)10-12(15)2/h3-6,9-10,20H,7-8H2,1-2H3,(H,21,22).